The molecular weight excluding hydrogens is 386 g/mol. The molecule has 2 fully saturated rings. The number of carbonyl (C=O) groups excluding carboxylic acids is 2. The number of hydrogen-bond acceptors (Lipinski definition) is 7. The minimum absolute atomic E-state index is 0.00536. The Kier molecular flexibility index (Phi) is 5.45. The first-order valence-corrected chi connectivity index (χ1v) is 9.98. The molecule has 2 saturated heterocycles. The van der Waals surface area contributed by atoms with Crippen molar-refractivity contribution in [1.82, 2.24) is 10.3 Å². The molecule has 3 heterocycles. The molecule has 2 aliphatic heterocycles. The summed E-state index contributed by atoms with van der Waals surface area (Å²) in [5, 5.41) is 14.6. The van der Waals surface area contributed by atoms with E-state index in [0.29, 0.717) is 37.4 Å². The number of anilines is 2. The van der Waals surface area contributed by atoms with Gasteiger partial charge in [-0.1, -0.05) is 17.7 Å². The van der Waals surface area contributed by atoms with Gasteiger partial charge in [0.25, 0.3) is 5.91 Å². The zero-order valence-electron chi connectivity index (χ0n) is 16.7. The van der Waals surface area contributed by atoms with Crippen LogP contribution in [0.25, 0.3) is 0 Å². The molecule has 0 radical (unpaired) electrons. The van der Waals surface area contributed by atoms with Crippen molar-refractivity contribution >= 4 is 29.0 Å². The zero-order chi connectivity index (χ0) is 21.3. The molecule has 1 atom stereocenters. The van der Waals surface area contributed by atoms with Gasteiger partial charge in [-0.2, -0.15) is 0 Å². The highest BCUT2D eigenvalue weighted by molar-refractivity contribution is 6.22. The van der Waals surface area contributed by atoms with Gasteiger partial charge in [0.1, 0.15) is 0 Å². The molecule has 0 aliphatic carbocycles. The van der Waals surface area contributed by atoms with Crippen molar-refractivity contribution < 1.29 is 14.5 Å². The van der Waals surface area contributed by atoms with Crippen LogP contribution in [0.2, 0.25) is 0 Å². The molecule has 9 nitrogen and oxygen atoms in total. The average Bonchev–Trinajstić information content (AvgIpc) is 3.02. The molecule has 2 amide bonds. The minimum Gasteiger partial charge on any atom is -0.351 e. The summed E-state index contributed by atoms with van der Waals surface area (Å²) in [6.45, 7) is 3.13. The van der Waals surface area contributed by atoms with E-state index in [9.17, 15) is 19.7 Å². The lowest BCUT2D eigenvalue weighted by Gasteiger charge is -2.33. The summed E-state index contributed by atoms with van der Waals surface area (Å²) in [5.74, 6) is -0.0619. The second-order valence-corrected chi connectivity index (χ2v) is 7.69. The van der Waals surface area contributed by atoms with E-state index in [1.165, 1.54) is 11.0 Å². The predicted molar refractivity (Wildman–Crippen MR) is 111 cm³/mol. The summed E-state index contributed by atoms with van der Waals surface area (Å²) in [5.41, 5.74) is 1.65. The Morgan fingerprint density at radius 3 is 2.50 bits per heavy atom. The number of piperidine rings is 1. The summed E-state index contributed by atoms with van der Waals surface area (Å²) < 4.78 is 0. The standard InChI is InChI=1S/C21H23N5O4/c1-14-4-6-16(7-5-14)25-19(27)13-17(21(25)28)23-15-8-11-24(12-9-15)20-18(26(29)30)3-2-10-22-20/h2-7,10,15,17,23H,8-9,11-13H2,1H3/t17-/m1/s1. The Morgan fingerprint density at radius 2 is 1.83 bits per heavy atom. The molecule has 1 aromatic carbocycles. The Labute approximate surface area is 173 Å². The van der Waals surface area contributed by atoms with Gasteiger partial charge in [0, 0.05) is 31.4 Å². The van der Waals surface area contributed by atoms with Gasteiger partial charge in [0.15, 0.2) is 0 Å². The van der Waals surface area contributed by atoms with Gasteiger partial charge in [-0.25, -0.2) is 9.88 Å². The van der Waals surface area contributed by atoms with Gasteiger partial charge in [0.05, 0.1) is 23.1 Å². The van der Waals surface area contributed by atoms with Crippen LogP contribution in [0.4, 0.5) is 17.2 Å². The lowest BCUT2D eigenvalue weighted by Crippen LogP contribution is -2.49. The molecule has 2 aliphatic rings. The second-order valence-electron chi connectivity index (χ2n) is 7.69. The van der Waals surface area contributed by atoms with Crippen molar-refractivity contribution in [1.29, 1.82) is 0 Å². The first-order valence-electron chi connectivity index (χ1n) is 9.98. The van der Waals surface area contributed by atoms with Crippen molar-refractivity contribution in [2.24, 2.45) is 0 Å². The number of amides is 2. The molecular formula is C21H23N5O4. The number of imide groups is 1. The Morgan fingerprint density at radius 1 is 1.13 bits per heavy atom. The van der Waals surface area contributed by atoms with Crippen LogP contribution < -0.4 is 15.1 Å². The van der Waals surface area contributed by atoms with Crippen LogP contribution >= 0.6 is 0 Å². The molecule has 156 valence electrons. The molecule has 0 bridgehead atoms. The maximum absolute atomic E-state index is 12.8. The quantitative estimate of drug-likeness (QED) is 0.458. The van der Waals surface area contributed by atoms with Gasteiger partial charge in [0.2, 0.25) is 11.7 Å². The number of aromatic nitrogens is 1. The second kappa shape index (κ2) is 8.19. The number of rotatable bonds is 5. The highest BCUT2D eigenvalue weighted by atomic mass is 16.6. The number of nitrogens with one attached hydrogen (secondary N) is 1. The normalized spacial score (nSPS) is 20.1. The number of nitrogens with zero attached hydrogens (tertiary/aromatic N) is 4. The average molecular weight is 409 g/mol. The lowest BCUT2D eigenvalue weighted by molar-refractivity contribution is -0.384. The van der Waals surface area contributed by atoms with E-state index in [1.807, 2.05) is 24.0 Å². The fourth-order valence-corrected chi connectivity index (χ4v) is 4.04. The maximum Gasteiger partial charge on any atom is 0.311 e. The van der Waals surface area contributed by atoms with Crippen LogP contribution in [-0.2, 0) is 9.59 Å². The third-order valence-electron chi connectivity index (χ3n) is 5.63. The van der Waals surface area contributed by atoms with Crippen LogP contribution in [0.15, 0.2) is 42.6 Å². The number of benzene rings is 1. The van der Waals surface area contributed by atoms with E-state index in [0.717, 1.165) is 5.56 Å². The van der Waals surface area contributed by atoms with Crippen LogP contribution in [0.5, 0.6) is 0 Å². The highest BCUT2D eigenvalue weighted by Gasteiger charge is 2.40. The third kappa shape index (κ3) is 3.88. The molecule has 1 aromatic heterocycles. The van der Waals surface area contributed by atoms with Gasteiger partial charge in [-0.3, -0.25) is 19.7 Å². The Balaban J connectivity index is 1.38. The third-order valence-corrected chi connectivity index (χ3v) is 5.63. The molecule has 0 spiro atoms. The van der Waals surface area contributed by atoms with E-state index in [1.54, 1.807) is 24.4 Å². The van der Waals surface area contributed by atoms with Crippen molar-refractivity contribution in [3.63, 3.8) is 0 Å². The van der Waals surface area contributed by atoms with Gasteiger partial charge in [-0.05, 0) is 38.0 Å². The largest absolute Gasteiger partial charge is 0.351 e. The maximum atomic E-state index is 12.8. The summed E-state index contributed by atoms with van der Waals surface area (Å²) in [6, 6.07) is 9.85. The molecule has 0 saturated carbocycles. The number of pyridine rings is 1. The number of nitro groups is 1. The Hall–Kier alpha value is -3.33. The molecule has 2 aromatic rings. The van der Waals surface area contributed by atoms with Gasteiger partial charge < -0.3 is 10.2 Å². The molecule has 0 unspecified atom stereocenters. The summed E-state index contributed by atoms with van der Waals surface area (Å²) in [4.78, 5) is 43.4. The molecule has 9 heteroatoms. The predicted octanol–water partition coefficient (Wildman–Crippen LogP) is 2.19. The van der Waals surface area contributed by atoms with Crippen LogP contribution in [-0.4, -0.2) is 46.9 Å². The van der Waals surface area contributed by atoms with E-state index >= 15 is 0 Å². The van der Waals surface area contributed by atoms with Gasteiger partial charge >= 0.3 is 5.69 Å². The van der Waals surface area contributed by atoms with Crippen molar-refractivity contribution in [3.8, 4) is 0 Å². The molecule has 1 N–H and O–H groups in total. The smallest absolute Gasteiger partial charge is 0.311 e. The van der Waals surface area contributed by atoms with Gasteiger partial charge in [-0.15, -0.1) is 0 Å². The fraction of sp³-hybridized carbons (Fsp3) is 0.381. The van der Waals surface area contributed by atoms with Crippen molar-refractivity contribution in [3.05, 3.63) is 58.3 Å². The SMILES string of the molecule is Cc1ccc(N2C(=O)C[C@@H](NC3CCN(c4ncccc4[N+](=O)[O-])CC3)C2=O)cc1. The number of carbonyl (C=O) groups is 2. The van der Waals surface area contributed by atoms with Crippen LogP contribution in [0.1, 0.15) is 24.8 Å². The molecule has 30 heavy (non-hydrogen) atoms. The van der Waals surface area contributed by atoms with Crippen molar-refractivity contribution in [2.45, 2.75) is 38.3 Å². The zero-order valence-corrected chi connectivity index (χ0v) is 16.7. The topological polar surface area (TPSA) is 109 Å². The highest BCUT2D eigenvalue weighted by Crippen LogP contribution is 2.28. The van der Waals surface area contributed by atoms with Crippen molar-refractivity contribution in [2.75, 3.05) is 22.9 Å². The number of hydrogen-bond donors (Lipinski definition) is 1. The summed E-state index contributed by atoms with van der Waals surface area (Å²) in [6.07, 6.45) is 3.10. The fourth-order valence-electron chi connectivity index (χ4n) is 4.04. The van der Waals surface area contributed by atoms with E-state index < -0.39 is 11.0 Å². The van der Waals surface area contributed by atoms with E-state index in [4.69, 9.17) is 0 Å². The summed E-state index contributed by atoms with van der Waals surface area (Å²) in [7, 11) is 0. The van der Waals surface area contributed by atoms with E-state index in [2.05, 4.69) is 10.3 Å². The summed E-state index contributed by atoms with van der Waals surface area (Å²) >= 11 is 0. The minimum atomic E-state index is -0.542. The van der Waals surface area contributed by atoms with E-state index in [-0.39, 0.29) is 30.0 Å². The first-order chi connectivity index (χ1) is 14.4. The van der Waals surface area contributed by atoms with Crippen LogP contribution in [0, 0.1) is 17.0 Å². The molecule has 4 rings (SSSR count). The first kappa shape index (κ1) is 20.0. The Bertz CT molecular complexity index is 970. The number of aryl methyl sites for hydroxylation is 1. The van der Waals surface area contributed by atoms with Crippen LogP contribution in [0.3, 0.4) is 0 Å². The lowest BCUT2D eigenvalue weighted by atomic mass is 10.0. The monoisotopic (exact) mass is 409 g/mol.